The van der Waals surface area contributed by atoms with Gasteiger partial charge in [-0.05, 0) is 35.4 Å². The summed E-state index contributed by atoms with van der Waals surface area (Å²) in [5, 5.41) is 2.89. The maximum absolute atomic E-state index is 12.4. The van der Waals surface area contributed by atoms with Crippen molar-refractivity contribution in [1.82, 2.24) is 0 Å². The molecule has 0 saturated carbocycles. The van der Waals surface area contributed by atoms with Gasteiger partial charge in [0.1, 0.15) is 11.5 Å². The summed E-state index contributed by atoms with van der Waals surface area (Å²) in [6, 6.07) is 22.5. The number of benzene rings is 3. The van der Waals surface area contributed by atoms with E-state index in [4.69, 9.17) is 9.47 Å². The lowest BCUT2D eigenvalue weighted by Gasteiger charge is -2.29. The van der Waals surface area contributed by atoms with Gasteiger partial charge in [-0.3, -0.25) is 9.59 Å². The molecule has 0 atom stereocenters. The molecule has 0 saturated heterocycles. The zero-order valence-electron chi connectivity index (χ0n) is 16.6. The molecule has 0 radical (unpaired) electrons. The van der Waals surface area contributed by atoms with Crippen LogP contribution < -0.4 is 19.7 Å². The van der Waals surface area contributed by atoms with Gasteiger partial charge in [-0.2, -0.15) is 0 Å². The van der Waals surface area contributed by atoms with Crippen LogP contribution in [-0.2, 0) is 22.6 Å². The quantitative estimate of drug-likeness (QED) is 0.681. The molecule has 6 heteroatoms. The molecule has 152 valence electrons. The Kier molecular flexibility index (Phi) is 5.66. The van der Waals surface area contributed by atoms with E-state index in [0.29, 0.717) is 23.7 Å². The van der Waals surface area contributed by atoms with E-state index in [0.717, 1.165) is 16.9 Å². The molecule has 0 fully saturated rings. The minimum Gasteiger partial charge on any atom is -0.497 e. The Morgan fingerprint density at radius 3 is 2.53 bits per heavy atom. The Balaban J connectivity index is 1.46. The van der Waals surface area contributed by atoms with Crippen molar-refractivity contribution < 1.29 is 19.1 Å². The lowest BCUT2D eigenvalue weighted by Crippen LogP contribution is -2.38. The summed E-state index contributed by atoms with van der Waals surface area (Å²) in [5.41, 5.74) is 3.25. The van der Waals surface area contributed by atoms with Gasteiger partial charge < -0.3 is 19.7 Å². The lowest BCUT2D eigenvalue weighted by atomic mass is 10.1. The number of nitrogens with one attached hydrogen (secondary N) is 1. The van der Waals surface area contributed by atoms with E-state index >= 15 is 0 Å². The van der Waals surface area contributed by atoms with E-state index < -0.39 is 0 Å². The third-order valence-electron chi connectivity index (χ3n) is 4.89. The van der Waals surface area contributed by atoms with Gasteiger partial charge in [0.2, 0.25) is 5.91 Å². The van der Waals surface area contributed by atoms with Gasteiger partial charge in [0.25, 0.3) is 5.91 Å². The molecule has 3 aromatic rings. The highest BCUT2D eigenvalue weighted by Crippen LogP contribution is 2.35. The molecule has 0 bridgehead atoms. The predicted octanol–water partition coefficient (Wildman–Crippen LogP) is 3.80. The normalized spacial score (nSPS) is 12.7. The first-order valence-corrected chi connectivity index (χ1v) is 9.66. The van der Waals surface area contributed by atoms with Gasteiger partial charge in [-0.1, -0.05) is 42.5 Å². The molecule has 4 rings (SSSR count). The van der Waals surface area contributed by atoms with Crippen molar-refractivity contribution in [2.45, 2.75) is 13.0 Å². The van der Waals surface area contributed by atoms with Crippen molar-refractivity contribution in [3.05, 3.63) is 83.9 Å². The second-order valence-corrected chi connectivity index (χ2v) is 7.01. The first kappa shape index (κ1) is 19.5. The second kappa shape index (κ2) is 8.69. The maximum atomic E-state index is 12.4. The Bertz CT molecular complexity index is 1050. The van der Waals surface area contributed by atoms with Crippen LogP contribution in [0.5, 0.6) is 11.5 Å². The fourth-order valence-corrected chi connectivity index (χ4v) is 3.36. The standard InChI is InChI=1S/C24H22N2O4/c1-29-20-10-7-17(8-11-20)13-23(27)25-19-9-12-21-22(14-19)30-16-24(28)26(21)15-18-5-3-2-4-6-18/h2-12,14H,13,15-16H2,1H3,(H,25,27). The van der Waals surface area contributed by atoms with Crippen molar-refractivity contribution in [3.63, 3.8) is 0 Å². The number of ether oxygens (including phenoxy) is 2. The van der Waals surface area contributed by atoms with Crippen molar-refractivity contribution in [1.29, 1.82) is 0 Å². The van der Waals surface area contributed by atoms with Crippen LogP contribution in [0.3, 0.4) is 0 Å². The summed E-state index contributed by atoms with van der Waals surface area (Å²) < 4.78 is 10.7. The molecule has 0 spiro atoms. The summed E-state index contributed by atoms with van der Waals surface area (Å²) >= 11 is 0. The van der Waals surface area contributed by atoms with Crippen LogP contribution in [-0.4, -0.2) is 25.5 Å². The van der Waals surface area contributed by atoms with E-state index in [9.17, 15) is 9.59 Å². The highest BCUT2D eigenvalue weighted by molar-refractivity contribution is 5.99. The molecule has 1 aliphatic rings. The third kappa shape index (κ3) is 4.43. The van der Waals surface area contributed by atoms with E-state index in [1.54, 1.807) is 30.2 Å². The smallest absolute Gasteiger partial charge is 0.265 e. The minimum absolute atomic E-state index is 0.0247. The van der Waals surface area contributed by atoms with Crippen molar-refractivity contribution in [3.8, 4) is 11.5 Å². The van der Waals surface area contributed by atoms with E-state index in [2.05, 4.69) is 5.32 Å². The molecule has 3 aromatic carbocycles. The van der Waals surface area contributed by atoms with E-state index in [1.807, 2.05) is 54.6 Å². The molecular formula is C24H22N2O4. The second-order valence-electron chi connectivity index (χ2n) is 7.01. The Labute approximate surface area is 175 Å². The molecule has 0 aromatic heterocycles. The predicted molar refractivity (Wildman–Crippen MR) is 115 cm³/mol. The fraction of sp³-hybridized carbons (Fsp3) is 0.167. The molecular weight excluding hydrogens is 380 g/mol. The number of fused-ring (bicyclic) bond motifs is 1. The number of amides is 2. The fourth-order valence-electron chi connectivity index (χ4n) is 3.36. The number of carbonyl (C=O) groups is 2. The number of rotatable bonds is 6. The highest BCUT2D eigenvalue weighted by atomic mass is 16.5. The van der Waals surface area contributed by atoms with Crippen molar-refractivity contribution in [2.75, 3.05) is 23.9 Å². The Hall–Kier alpha value is -3.80. The number of nitrogens with zero attached hydrogens (tertiary/aromatic N) is 1. The lowest BCUT2D eigenvalue weighted by molar-refractivity contribution is -0.121. The van der Waals surface area contributed by atoms with Crippen LogP contribution >= 0.6 is 0 Å². The SMILES string of the molecule is COc1ccc(CC(=O)Nc2ccc3c(c2)OCC(=O)N3Cc2ccccc2)cc1. The molecule has 1 N–H and O–H groups in total. The first-order valence-electron chi connectivity index (χ1n) is 9.66. The number of carbonyl (C=O) groups excluding carboxylic acids is 2. The highest BCUT2D eigenvalue weighted by Gasteiger charge is 2.26. The van der Waals surface area contributed by atoms with Gasteiger partial charge in [0.05, 0.1) is 25.8 Å². The molecule has 1 aliphatic heterocycles. The number of anilines is 2. The van der Waals surface area contributed by atoms with Crippen LogP contribution in [0.25, 0.3) is 0 Å². The van der Waals surface area contributed by atoms with Crippen LogP contribution in [0.15, 0.2) is 72.8 Å². The maximum Gasteiger partial charge on any atom is 0.265 e. The summed E-state index contributed by atoms with van der Waals surface area (Å²) in [6.45, 7) is 0.447. The number of methoxy groups -OCH3 is 1. The summed E-state index contributed by atoms with van der Waals surface area (Å²) in [5.74, 6) is 1.10. The molecule has 0 unspecified atom stereocenters. The first-order chi connectivity index (χ1) is 14.6. The van der Waals surface area contributed by atoms with Crippen LogP contribution in [0.1, 0.15) is 11.1 Å². The summed E-state index contributed by atoms with van der Waals surface area (Å²) in [7, 11) is 1.61. The third-order valence-corrected chi connectivity index (χ3v) is 4.89. The van der Waals surface area contributed by atoms with Crippen molar-refractivity contribution >= 4 is 23.2 Å². The topological polar surface area (TPSA) is 67.9 Å². The average Bonchev–Trinajstić information content (AvgIpc) is 2.77. The number of hydrogen-bond acceptors (Lipinski definition) is 4. The summed E-state index contributed by atoms with van der Waals surface area (Å²) in [4.78, 5) is 26.5. The Morgan fingerprint density at radius 2 is 1.80 bits per heavy atom. The largest absolute Gasteiger partial charge is 0.497 e. The molecule has 1 heterocycles. The molecule has 6 nitrogen and oxygen atoms in total. The van der Waals surface area contributed by atoms with Crippen LogP contribution in [0, 0.1) is 0 Å². The summed E-state index contributed by atoms with van der Waals surface area (Å²) in [6.07, 6.45) is 0.251. The van der Waals surface area contributed by atoms with Gasteiger partial charge in [0.15, 0.2) is 6.61 Å². The van der Waals surface area contributed by atoms with Crippen molar-refractivity contribution in [2.24, 2.45) is 0 Å². The van der Waals surface area contributed by atoms with Gasteiger partial charge >= 0.3 is 0 Å². The average molecular weight is 402 g/mol. The van der Waals surface area contributed by atoms with Crippen LogP contribution in [0.4, 0.5) is 11.4 Å². The van der Waals surface area contributed by atoms with E-state index in [1.165, 1.54) is 0 Å². The van der Waals surface area contributed by atoms with Gasteiger partial charge in [-0.25, -0.2) is 0 Å². The minimum atomic E-state index is -0.131. The van der Waals surface area contributed by atoms with E-state index in [-0.39, 0.29) is 24.8 Å². The zero-order valence-corrected chi connectivity index (χ0v) is 16.6. The van der Waals surface area contributed by atoms with Crippen LogP contribution in [0.2, 0.25) is 0 Å². The van der Waals surface area contributed by atoms with Gasteiger partial charge in [-0.15, -0.1) is 0 Å². The zero-order chi connectivity index (χ0) is 20.9. The molecule has 0 aliphatic carbocycles. The van der Waals surface area contributed by atoms with Gasteiger partial charge in [0, 0.05) is 11.8 Å². The molecule has 2 amide bonds. The number of hydrogen-bond donors (Lipinski definition) is 1. The Morgan fingerprint density at radius 1 is 1.03 bits per heavy atom. The molecule has 30 heavy (non-hydrogen) atoms. The monoisotopic (exact) mass is 402 g/mol.